The average Bonchev–Trinajstić information content (AvgIpc) is 3.37. The molecule has 3 heterocycles. The van der Waals surface area contributed by atoms with Crippen LogP contribution in [0.2, 0.25) is 0 Å². The van der Waals surface area contributed by atoms with Gasteiger partial charge in [0.05, 0.1) is 16.9 Å². The minimum absolute atomic E-state index is 0.106. The lowest BCUT2D eigenvalue weighted by Crippen LogP contribution is -2.49. The summed E-state index contributed by atoms with van der Waals surface area (Å²) < 4.78 is 28.0. The number of thiazole rings is 1. The summed E-state index contributed by atoms with van der Waals surface area (Å²) in [5, 5.41) is 4.45. The molecule has 2 aromatic carbocycles. The highest BCUT2D eigenvalue weighted by molar-refractivity contribution is 8.02. The molecular formula is C20H13F2N3O2S2. The van der Waals surface area contributed by atoms with Crippen molar-refractivity contribution in [3.8, 4) is 11.3 Å². The summed E-state index contributed by atoms with van der Waals surface area (Å²) in [6, 6.07) is 11.0. The van der Waals surface area contributed by atoms with Crippen LogP contribution in [0.25, 0.3) is 11.3 Å². The summed E-state index contributed by atoms with van der Waals surface area (Å²) in [6.07, 6.45) is 0.648. The van der Waals surface area contributed by atoms with Crippen LogP contribution in [0.15, 0.2) is 52.7 Å². The Morgan fingerprint density at radius 1 is 1.14 bits per heavy atom. The summed E-state index contributed by atoms with van der Waals surface area (Å²) in [5.41, 5.74) is 0.603. The van der Waals surface area contributed by atoms with Gasteiger partial charge in [-0.1, -0.05) is 30.0 Å². The first-order chi connectivity index (χ1) is 14.0. The van der Waals surface area contributed by atoms with Gasteiger partial charge in [-0.25, -0.2) is 13.8 Å². The second-order valence-corrected chi connectivity index (χ2v) is 8.85. The fourth-order valence-corrected chi connectivity index (χ4v) is 5.79. The fourth-order valence-electron chi connectivity index (χ4n) is 3.68. The quantitative estimate of drug-likeness (QED) is 0.658. The van der Waals surface area contributed by atoms with Gasteiger partial charge in [0.2, 0.25) is 5.91 Å². The topological polar surface area (TPSA) is 62.3 Å². The molecule has 1 N–H and O–H groups in total. The molecule has 9 heteroatoms. The van der Waals surface area contributed by atoms with Crippen molar-refractivity contribution in [2.45, 2.75) is 22.6 Å². The van der Waals surface area contributed by atoms with E-state index < -0.39 is 16.5 Å². The Bertz CT molecular complexity index is 1150. The van der Waals surface area contributed by atoms with E-state index in [1.54, 1.807) is 4.90 Å². The highest BCUT2D eigenvalue weighted by Crippen LogP contribution is 2.56. The number of anilines is 2. The summed E-state index contributed by atoms with van der Waals surface area (Å²) in [6.45, 7) is 0. The number of hydrogen-bond donors (Lipinski definition) is 1. The zero-order chi connectivity index (χ0) is 20.2. The normalized spacial score (nSPS) is 19.9. The predicted octanol–water partition coefficient (Wildman–Crippen LogP) is 4.66. The largest absolute Gasteiger partial charge is 0.299 e. The third-order valence-electron chi connectivity index (χ3n) is 4.97. The third kappa shape index (κ3) is 2.76. The SMILES string of the molecule is O=C1CCC2(C(=O)Nc3nc(-c4c(F)cccc4F)cs3)Sc3ccccc3N12. The number of nitrogens with zero attached hydrogens (tertiary/aromatic N) is 2. The molecule has 0 bridgehead atoms. The Kier molecular flexibility index (Phi) is 4.18. The highest BCUT2D eigenvalue weighted by Gasteiger charge is 2.57. The lowest BCUT2D eigenvalue weighted by atomic mass is 10.1. The van der Waals surface area contributed by atoms with Crippen molar-refractivity contribution in [2.75, 3.05) is 10.2 Å². The van der Waals surface area contributed by atoms with E-state index in [-0.39, 0.29) is 34.6 Å². The van der Waals surface area contributed by atoms with Gasteiger partial charge in [-0.3, -0.25) is 19.8 Å². The summed E-state index contributed by atoms with van der Waals surface area (Å²) in [5.74, 6) is -1.92. The van der Waals surface area contributed by atoms with Gasteiger partial charge < -0.3 is 0 Å². The van der Waals surface area contributed by atoms with Crippen molar-refractivity contribution in [1.82, 2.24) is 4.98 Å². The van der Waals surface area contributed by atoms with Gasteiger partial charge >= 0.3 is 0 Å². The van der Waals surface area contributed by atoms with Crippen LogP contribution >= 0.6 is 23.1 Å². The van der Waals surface area contributed by atoms with Crippen LogP contribution in [0.4, 0.5) is 19.6 Å². The van der Waals surface area contributed by atoms with E-state index in [1.165, 1.54) is 23.2 Å². The Hall–Kier alpha value is -2.78. The Morgan fingerprint density at radius 3 is 2.69 bits per heavy atom. The van der Waals surface area contributed by atoms with Crippen molar-refractivity contribution in [3.63, 3.8) is 0 Å². The number of aromatic nitrogens is 1. The van der Waals surface area contributed by atoms with E-state index in [2.05, 4.69) is 10.3 Å². The number of halogens is 2. The maximum atomic E-state index is 14.0. The third-order valence-corrected chi connectivity index (χ3v) is 7.20. The first-order valence-electron chi connectivity index (χ1n) is 8.82. The Labute approximate surface area is 172 Å². The van der Waals surface area contributed by atoms with Gasteiger partial charge in [-0.05, 0) is 30.7 Å². The van der Waals surface area contributed by atoms with Gasteiger partial charge in [-0.2, -0.15) is 0 Å². The molecule has 2 aliphatic rings. The van der Waals surface area contributed by atoms with Crippen LogP contribution in [0.5, 0.6) is 0 Å². The number of carbonyl (C=O) groups excluding carboxylic acids is 2. The molecule has 5 nitrogen and oxygen atoms in total. The van der Waals surface area contributed by atoms with Crippen LogP contribution < -0.4 is 10.2 Å². The first kappa shape index (κ1) is 18.3. The Balaban J connectivity index is 1.45. The maximum absolute atomic E-state index is 14.0. The number of carbonyl (C=O) groups is 2. The van der Waals surface area contributed by atoms with Crippen molar-refractivity contribution in [1.29, 1.82) is 0 Å². The summed E-state index contributed by atoms with van der Waals surface area (Å²) >= 11 is 2.42. The van der Waals surface area contributed by atoms with Gasteiger partial charge in [0.1, 0.15) is 11.6 Å². The molecule has 3 aromatic rings. The zero-order valence-electron chi connectivity index (χ0n) is 14.8. The van der Waals surface area contributed by atoms with Crippen molar-refractivity contribution in [3.05, 3.63) is 59.5 Å². The van der Waals surface area contributed by atoms with Crippen LogP contribution in [0.3, 0.4) is 0 Å². The molecule has 1 aromatic heterocycles. The number of amides is 2. The van der Waals surface area contributed by atoms with Crippen LogP contribution in [0, 0.1) is 11.6 Å². The molecule has 2 amide bonds. The molecule has 29 heavy (non-hydrogen) atoms. The molecule has 0 radical (unpaired) electrons. The van der Waals surface area contributed by atoms with Crippen LogP contribution in [-0.4, -0.2) is 21.7 Å². The molecule has 0 saturated carbocycles. The van der Waals surface area contributed by atoms with Gasteiger partial charge in [-0.15, -0.1) is 11.3 Å². The molecule has 1 saturated heterocycles. The number of para-hydroxylation sites is 1. The molecule has 1 unspecified atom stereocenters. The maximum Gasteiger partial charge on any atom is 0.263 e. The second-order valence-electron chi connectivity index (χ2n) is 6.67. The average molecular weight is 429 g/mol. The van der Waals surface area contributed by atoms with E-state index in [4.69, 9.17) is 0 Å². The molecule has 2 aliphatic heterocycles. The van der Waals surface area contributed by atoms with E-state index in [1.807, 2.05) is 24.3 Å². The number of fused-ring (bicyclic) bond motifs is 3. The van der Waals surface area contributed by atoms with Crippen molar-refractivity contribution < 1.29 is 18.4 Å². The molecular weight excluding hydrogens is 416 g/mol. The number of benzene rings is 2. The van der Waals surface area contributed by atoms with E-state index in [9.17, 15) is 18.4 Å². The van der Waals surface area contributed by atoms with Crippen molar-refractivity contribution in [2.24, 2.45) is 0 Å². The van der Waals surface area contributed by atoms with Crippen LogP contribution in [-0.2, 0) is 9.59 Å². The molecule has 1 atom stereocenters. The highest BCUT2D eigenvalue weighted by atomic mass is 32.2. The van der Waals surface area contributed by atoms with Gasteiger partial charge in [0.15, 0.2) is 10.0 Å². The molecule has 5 rings (SSSR count). The molecule has 0 spiro atoms. The molecule has 1 fully saturated rings. The lowest BCUT2D eigenvalue weighted by molar-refractivity contribution is -0.121. The minimum Gasteiger partial charge on any atom is -0.299 e. The number of thioether (sulfide) groups is 1. The van der Waals surface area contributed by atoms with Gasteiger partial charge in [0, 0.05) is 16.7 Å². The van der Waals surface area contributed by atoms with Crippen molar-refractivity contribution >= 4 is 45.7 Å². The summed E-state index contributed by atoms with van der Waals surface area (Å²) in [4.78, 5) is 31.2. The van der Waals surface area contributed by atoms with E-state index in [0.29, 0.717) is 6.42 Å². The standard InChI is InChI=1S/C20H13F2N3O2S2/c21-11-4-3-5-12(22)17(11)13-10-28-19(23-13)24-18(27)20-9-8-16(26)25(20)14-6-1-2-7-15(14)29-20/h1-7,10H,8-9H2,(H,23,24,27). The monoisotopic (exact) mass is 429 g/mol. The smallest absolute Gasteiger partial charge is 0.263 e. The van der Waals surface area contributed by atoms with E-state index >= 15 is 0 Å². The number of hydrogen-bond acceptors (Lipinski definition) is 5. The minimum atomic E-state index is -1.07. The summed E-state index contributed by atoms with van der Waals surface area (Å²) in [7, 11) is 0. The predicted molar refractivity (Wildman–Crippen MR) is 108 cm³/mol. The van der Waals surface area contributed by atoms with Crippen LogP contribution in [0.1, 0.15) is 12.8 Å². The lowest BCUT2D eigenvalue weighted by Gasteiger charge is -2.29. The van der Waals surface area contributed by atoms with E-state index in [0.717, 1.165) is 34.1 Å². The number of rotatable bonds is 3. The second kappa shape index (κ2) is 6.64. The zero-order valence-corrected chi connectivity index (χ0v) is 16.4. The Morgan fingerprint density at radius 2 is 1.90 bits per heavy atom. The van der Waals surface area contributed by atoms with Gasteiger partial charge in [0.25, 0.3) is 5.91 Å². The number of nitrogens with one attached hydrogen (secondary N) is 1. The fraction of sp³-hybridized carbons (Fsp3) is 0.150. The molecule has 146 valence electrons. The molecule has 0 aliphatic carbocycles. The first-order valence-corrected chi connectivity index (χ1v) is 10.5.